The molecule has 2 nitrogen and oxygen atoms in total. The predicted molar refractivity (Wildman–Crippen MR) is 41.1 cm³/mol. The third-order valence-corrected chi connectivity index (χ3v) is 1.03. The van der Waals surface area contributed by atoms with Crippen LogP contribution >= 0.6 is 11.6 Å². The van der Waals surface area contributed by atoms with Gasteiger partial charge < -0.3 is 4.74 Å². The summed E-state index contributed by atoms with van der Waals surface area (Å²) in [4.78, 5) is 10.3. The molecule has 0 aliphatic carbocycles. The average molecular weight is 163 g/mol. The first kappa shape index (κ1) is 9.50. The second-order valence-corrected chi connectivity index (χ2v) is 2.21. The van der Waals surface area contributed by atoms with E-state index in [2.05, 4.69) is 0 Å². The highest BCUT2D eigenvalue weighted by atomic mass is 35.5. The van der Waals surface area contributed by atoms with Crippen LogP contribution in [-0.2, 0) is 9.53 Å². The zero-order valence-electron chi connectivity index (χ0n) is 6.13. The second kappa shape index (κ2) is 5.30. The Morgan fingerprint density at radius 3 is 2.80 bits per heavy atom. The molecule has 0 heterocycles. The Balaban J connectivity index is 3.52. The molecule has 0 saturated carbocycles. The number of ether oxygens (including phenoxy) is 1. The summed E-state index contributed by atoms with van der Waals surface area (Å²) in [7, 11) is 0. The van der Waals surface area contributed by atoms with Gasteiger partial charge in [0, 0.05) is 12.8 Å². The van der Waals surface area contributed by atoms with Crippen LogP contribution in [0, 0.1) is 0 Å². The standard InChI is InChI=1S/C7H11ClO2/c1-6(4-3-5-8)10-7(2)9/h3-4,6H,5H2,1-2H3/b4-3+. The van der Waals surface area contributed by atoms with Crippen LogP contribution in [0.1, 0.15) is 13.8 Å². The van der Waals surface area contributed by atoms with Crippen molar-refractivity contribution >= 4 is 17.6 Å². The summed E-state index contributed by atoms with van der Waals surface area (Å²) >= 11 is 5.35. The molecule has 0 rings (SSSR count). The highest BCUT2D eigenvalue weighted by Gasteiger charge is 1.97. The van der Waals surface area contributed by atoms with Gasteiger partial charge in [0.25, 0.3) is 0 Å². The molecule has 0 amide bonds. The summed E-state index contributed by atoms with van der Waals surface area (Å²) in [6.45, 7) is 3.16. The SMILES string of the molecule is CC(=O)OC(C)/C=C/CCl. The van der Waals surface area contributed by atoms with E-state index in [1.54, 1.807) is 19.1 Å². The Kier molecular flexibility index (Phi) is 5.03. The highest BCUT2D eigenvalue weighted by molar-refractivity contribution is 6.18. The quantitative estimate of drug-likeness (QED) is 0.359. The van der Waals surface area contributed by atoms with E-state index in [1.165, 1.54) is 6.92 Å². The minimum atomic E-state index is -0.272. The fourth-order valence-corrected chi connectivity index (χ4v) is 0.647. The lowest BCUT2D eigenvalue weighted by molar-refractivity contribution is -0.143. The Morgan fingerprint density at radius 2 is 2.40 bits per heavy atom. The third kappa shape index (κ3) is 5.63. The van der Waals surface area contributed by atoms with Crippen LogP contribution in [0.3, 0.4) is 0 Å². The predicted octanol–water partition coefficient (Wildman–Crippen LogP) is 1.73. The van der Waals surface area contributed by atoms with Crippen LogP contribution in [-0.4, -0.2) is 18.0 Å². The molecule has 0 bridgehead atoms. The van der Waals surface area contributed by atoms with Gasteiger partial charge in [0.2, 0.25) is 0 Å². The number of alkyl halides is 1. The number of hydrogen-bond donors (Lipinski definition) is 0. The lowest BCUT2D eigenvalue weighted by Crippen LogP contribution is -2.08. The van der Waals surface area contributed by atoms with Gasteiger partial charge in [0.1, 0.15) is 6.10 Å². The van der Waals surface area contributed by atoms with E-state index in [0.29, 0.717) is 5.88 Å². The summed E-state index contributed by atoms with van der Waals surface area (Å²) in [6.07, 6.45) is 3.32. The molecule has 0 aromatic carbocycles. The molecule has 10 heavy (non-hydrogen) atoms. The van der Waals surface area contributed by atoms with Gasteiger partial charge in [-0.05, 0) is 13.0 Å². The summed E-state index contributed by atoms with van der Waals surface area (Å²) in [5.41, 5.74) is 0. The van der Waals surface area contributed by atoms with Gasteiger partial charge in [0.05, 0.1) is 0 Å². The lowest BCUT2D eigenvalue weighted by atomic mass is 10.3. The lowest BCUT2D eigenvalue weighted by Gasteiger charge is -2.04. The van der Waals surface area contributed by atoms with Crippen LogP contribution in [0.15, 0.2) is 12.2 Å². The van der Waals surface area contributed by atoms with E-state index in [-0.39, 0.29) is 12.1 Å². The molecule has 1 atom stereocenters. The molecule has 0 aromatic rings. The molecule has 0 aliphatic heterocycles. The number of carbonyl (C=O) groups is 1. The minimum absolute atomic E-state index is 0.170. The van der Waals surface area contributed by atoms with E-state index in [0.717, 1.165) is 0 Å². The smallest absolute Gasteiger partial charge is 0.303 e. The van der Waals surface area contributed by atoms with Crippen molar-refractivity contribution in [2.45, 2.75) is 20.0 Å². The second-order valence-electron chi connectivity index (χ2n) is 1.90. The minimum Gasteiger partial charge on any atom is -0.459 e. The summed E-state index contributed by atoms with van der Waals surface area (Å²) in [5.74, 6) is 0.178. The largest absolute Gasteiger partial charge is 0.459 e. The first-order chi connectivity index (χ1) is 4.66. The van der Waals surface area contributed by atoms with Gasteiger partial charge in [-0.15, -0.1) is 11.6 Å². The highest BCUT2D eigenvalue weighted by Crippen LogP contribution is 1.93. The van der Waals surface area contributed by atoms with Crippen LogP contribution in [0.25, 0.3) is 0 Å². The van der Waals surface area contributed by atoms with Gasteiger partial charge in [-0.2, -0.15) is 0 Å². The molecule has 58 valence electrons. The summed E-state index contributed by atoms with van der Waals surface area (Å²) in [6, 6.07) is 0. The monoisotopic (exact) mass is 162 g/mol. The molecule has 0 aliphatic rings. The Morgan fingerprint density at radius 1 is 1.80 bits per heavy atom. The molecule has 0 N–H and O–H groups in total. The number of allylic oxidation sites excluding steroid dienone is 1. The molecule has 0 radical (unpaired) electrons. The molecular weight excluding hydrogens is 152 g/mol. The summed E-state index contributed by atoms with van der Waals surface area (Å²) in [5, 5.41) is 0. The van der Waals surface area contributed by atoms with Crippen molar-refractivity contribution in [2.75, 3.05) is 5.88 Å². The van der Waals surface area contributed by atoms with E-state index in [1.807, 2.05) is 0 Å². The Bertz CT molecular complexity index is 132. The first-order valence-electron chi connectivity index (χ1n) is 3.06. The molecule has 1 unspecified atom stereocenters. The number of esters is 1. The average Bonchev–Trinajstić information content (AvgIpc) is 1.82. The molecular formula is C7H11ClO2. The topological polar surface area (TPSA) is 26.3 Å². The van der Waals surface area contributed by atoms with E-state index < -0.39 is 0 Å². The van der Waals surface area contributed by atoms with Crippen LogP contribution in [0.2, 0.25) is 0 Å². The molecule has 0 fully saturated rings. The molecule has 0 spiro atoms. The summed E-state index contributed by atoms with van der Waals surface area (Å²) < 4.78 is 4.77. The van der Waals surface area contributed by atoms with Crippen LogP contribution < -0.4 is 0 Å². The van der Waals surface area contributed by atoms with Crippen LogP contribution in [0.5, 0.6) is 0 Å². The van der Waals surface area contributed by atoms with Crippen molar-refractivity contribution < 1.29 is 9.53 Å². The van der Waals surface area contributed by atoms with Crippen molar-refractivity contribution in [3.8, 4) is 0 Å². The number of halogens is 1. The number of carbonyl (C=O) groups excluding carboxylic acids is 1. The number of hydrogen-bond acceptors (Lipinski definition) is 2. The Labute approximate surface area is 65.8 Å². The number of rotatable bonds is 3. The fourth-order valence-electron chi connectivity index (χ4n) is 0.544. The van der Waals surface area contributed by atoms with Gasteiger partial charge in [0.15, 0.2) is 0 Å². The Hall–Kier alpha value is -0.500. The van der Waals surface area contributed by atoms with Gasteiger partial charge in [-0.25, -0.2) is 0 Å². The third-order valence-electron chi connectivity index (χ3n) is 0.848. The zero-order valence-corrected chi connectivity index (χ0v) is 6.89. The van der Waals surface area contributed by atoms with Gasteiger partial charge >= 0.3 is 5.97 Å². The molecule has 3 heteroatoms. The maximum Gasteiger partial charge on any atom is 0.303 e. The van der Waals surface area contributed by atoms with Crippen molar-refractivity contribution in [2.24, 2.45) is 0 Å². The zero-order chi connectivity index (χ0) is 7.98. The normalized spacial score (nSPS) is 13.5. The van der Waals surface area contributed by atoms with Crippen molar-refractivity contribution in [3.63, 3.8) is 0 Å². The molecule has 0 saturated heterocycles. The first-order valence-corrected chi connectivity index (χ1v) is 3.60. The maximum atomic E-state index is 10.3. The molecule has 0 aromatic heterocycles. The van der Waals surface area contributed by atoms with Crippen molar-refractivity contribution in [3.05, 3.63) is 12.2 Å². The fraction of sp³-hybridized carbons (Fsp3) is 0.571. The van der Waals surface area contributed by atoms with E-state index in [4.69, 9.17) is 16.3 Å². The van der Waals surface area contributed by atoms with Gasteiger partial charge in [-0.1, -0.05) is 6.08 Å². The van der Waals surface area contributed by atoms with E-state index >= 15 is 0 Å². The van der Waals surface area contributed by atoms with Gasteiger partial charge in [-0.3, -0.25) is 4.79 Å². The van der Waals surface area contributed by atoms with E-state index in [9.17, 15) is 4.79 Å². The van der Waals surface area contributed by atoms with Crippen molar-refractivity contribution in [1.29, 1.82) is 0 Å². The van der Waals surface area contributed by atoms with Crippen LogP contribution in [0.4, 0.5) is 0 Å². The van der Waals surface area contributed by atoms with Crippen molar-refractivity contribution in [1.82, 2.24) is 0 Å². The maximum absolute atomic E-state index is 10.3.